The molecule has 1 saturated carbocycles. The predicted molar refractivity (Wildman–Crippen MR) is 89.0 cm³/mol. The topological polar surface area (TPSA) is 12.0 Å². The average Bonchev–Trinajstić information content (AvgIpc) is 2.86. The van der Waals surface area contributed by atoms with E-state index in [0.29, 0.717) is 6.04 Å². The van der Waals surface area contributed by atoms with E-state index in [0.717, 1.165) is 12.0 Å². The van der Waals surface area contributed by atoms with Crippen molar-refractivity contribution in [1.29, 1.82) is 0 Å². The molecular weight excluding hydrogens is 310 g/mol. The molecule has 1 nitrogen and oxygen atoms in total. The molecule has 0 aromatic heterocycles. The second kappa shape index (κ2) is 6.62. The van der Waals surface area contributed by atoms with Crippen LogP contribution in [0.5, 0.6) is 0 Å². The van der Waals surface area contributed by atoms with E-state index in [1.54, 1.807) is 0 Å². The summed E-state index contributed by atoms with van der Waals surface area (Å²) >= 11 is 3.70. The minimum Gasteiger partial charge on any atom is -0.307 e. The van der Waals surface area contributed by atoms with Gasteiger partial charge in [-0.25, -0.2) is 0 Å². The van der Waals surface area contributed by atoms with E-state index in [1.807, 2.05) is 0 Å². The molecule has 1 N–H and O–H groups in total. The van der Waals surface area contributed by atoms with Gasteiger partial charge in [-0.15, -0.1) is 0 Å². The summed E-state index contributed by atoms with van der Waals surface area (Å²) in [6.45, 7) is 2.32. The van der Waals surface area contributed by atoms with Gasteiger partial charge in [-0.05, 0) is 61.6 Å². The third-order valence-electron chi connectivity index (χ3n) is 5.19. The summed E-state index contributed by atoms with van der Waals surface area (Å²) < 4.78 is 1.30. The maximum absolute atomic E-state index is 3.94. The van der Waals surface area contributed by atoms with Gasteiger partial charge < -0.3 is 5.32 Å². The quantitative estimate of drug-likeness (QED) is 0.778. The van der Waals surface area contributed by atoms with E-state index in [1.165, 1.54) is 67.0 Å². The van der Waals surface area contributed by atoms with Gasteiger partial charge in [0.05, 0.1) is 0 Å². The lowest BCUT2D eigenvalue weighted by Crippen LogP contribution is -2.35. The SMILES string of the molecule is CCCC1CCC(NC2CCc3c(Br)cccc32)CC1. The fourth-order valence-corrected chi connectivity index (χ4v) is 4.67. The molecule has 2 aliphatic carbocycles. The van der Waals surface area contributed by atoms with Crippen LogP contribution in [0.3, 0.4) is 0 Å². The van der Waals surface area contributed by atoms with Crippen molar-refractivity contribution in [3.63, 3.8) is 0 Å². The predicted octanol–water partition coefficient (Wildman–Crippen LogP) is 5.38. The molecule has 2 heteroatoms. The number of fused-ring (bicyclic) bond motifs is 1. The largest absolute Gasteiger partial charge is 0.307 e. The average molecular weight is 336 g/mol. The van der Waals surface area contributed by atoms with Crippen LogP contribution in [0.1, 0.15) is 69.0 Å². The minimum atomic E-state index is 0.593. The van der Waals surface area contributed by atoms with Crippen molar-refractivity contribution in [2.75, 3.05) is 0 Å². The second-order valence-corrected chi connectivity index (χ2v) is 7.43. The summed E-state index contributed by atoms with van der Waals surface area (Å²) in [5.41, 5.74) is 3.07. The van der Waals surface area contributed by atoms with Crippen LogP contribution < -0.4 is 5.32 Å². The molecule has 3 rings (SSSR count). The van der Waals surface area contributed by atoms with Crippen molar-refractivity contribution in [2.24, 2.45) is 5.92 Å². The van der Waals surface area contributed by atoms with Crippen LogP contribution in [0.2, 0.25) is 0 Å². The highest BCUT2D eigenvalue weighted by Crippen LogP contribution is 2.37. The molecule has 110 valence electrons. The van der Waals surface area contributed by atoms with Crippen molar-refractivity contribution in [3.8, 4) is 0 Å². The Morgan fingerprint density at radius 3 is 2.70 bits per heavy atom. The van der Waals surface area contributed by atoms with Crippen LogP contribution in [0, 0.1) is 5.92 Å². The van der Waals surface area contributed by atoms with Crippen LogP contribution in [-0.2, 0) is 6.42 Å². The van der Waals surface area contributed by atoms with Gasteiger partial charge in [0.1, 0.15) is 0 Å². The third kappa shape index (κ3) is 3.12. The first-order chi connectivity index (χ1) is 9.78. The summed E-state index contributed by atoms with van der Waals surface area (Å²) in [6, 6.07) is 8.01. The molecule has 1 aromatic rings. The fraction of sp³-hybridized carbons (Fsp3) is 0.667. The van der Waals surface area contributed by atoms with Gasteiger partial charge in [0.2, 0.25) is 0 Å². The highest BCUT2D eigenvalue weighted by Gasteiger charge is 2.28. The minimum absolute atomic E-state index is 0.593. The van der Waals surface area contributed by atoms with E-state index < -0.39 is 0 Å². The molecule has 0 amide bonds. The van der Waals surface area contributed by atoms with Crippen molar-refractivity contribution in [1.82, 2.24) is 5.32 Å². The summed E-state index contributed by atoms with van der Waals surface area (Å²) in [6.07, 6.45) is 10.9. The molecule has 20 heavy (non-hydrogen) atoms. The molecular formula is C18H26BrN. The Kier molecular flexibility index (Phi) is 4.83. The first-order valence-corrected chi connectivity index (χ1v) is 9.10. The molecule has 0 aliphatic heterocycles. The smallest absolute Gasteiger partial charge is 0.0328 e. The maximum Gasteiger partial charge on any atom is 0.0328 e. The van der Waals surface area contributed by atoms with Gasteiger partial charge in [0, 0.05) is 16.6 Å². The van der Waals surface area contributed by atoms with E-state index in [2.05, 4.69) is 46.4 Å². The Morgan fingerprint density at radius 2 is 1.95 bits per heavy atom. The second-order valence-electron chi connectivity index (χ2n) is 6.57. The van der Waals surface area contributed by atoms with Crippen LogP contribution in [0.4, 0.5) is 0 Å². The van der Waals surface area contributed by atoms with Crippen LogP contribution >= 0.6 is 15.9 Å². The Balaban J connectivity index is 1.57. The Hall–Kier alpha value is -0.340. The molecule has 0 bridgehead atoms. The zero-order chi connectivity index (χ0) is 13.9. The van der Waals surface area contributed by atoms with E-state index in [9.17, 15) is 0 Å². The lowest BCUT2D eigenvalue weighted by molar-refractivity contribution is 0.262. The van der Waals surface area contributed by atoms with E-state index >= 15 is 0 Å². The van der Waals surface area contributed by atoms with Crippen molar-refractivity contribution in [3.05, 3.63) is 33.8 Å². The summed E-state index contributed by atoms with van der Waals surface area (Å²) in [5.74, 6) is 1.00. The molecule has 0 saturated heterocycles. The fourth-order valence-electron chi connectivity index (χ4n) is 4.09. The Bertz CT molecular complexity index is 449. The summed E-state index contributed by atoms with van der Waals surface area (Å²) in [4.78, 5) is 0. The van der Waals surface area contributed by atoms with Crippen molar-refractivity contribution < 1.29 is 0 Å². The molecule has 1 fully saturated rings. The maximum atomic E-state index is 3.94. The number of hydrogen-bond donors (Lipinski definition) is 1. The molecule has 2 aliphatic rings. The number of nitrogens with one attached hydrogen (secondary N) is 1. The summed E-state index contributed by atoms with van der Waals surface area (Å²) in [5, 5.41) is 3.94. The first kappa shape index (κ1) is 14.6. The van der Waals surface area contributed by atoms with Gasteiger partial charge in [-0.1, -0.05) is 47.8 Å². The number of hydrogen-bond acceptors (Lipinski definition) is 1. The van der Waals surface area contributed by atoms with Gasteiger partial charge in [-0.2, -0.15) is 0 Å². The van der Waals surface area contributed by atoms with E-state index in [-0.39, 0.29) is 0 Å². The zero-order valence-corrected chi connectivity index (χ0v) is 14.1. The molecule has 1 atom stereocenters. The standard InChI is InChI=1S/C18H26BrN/c1-2-4-13-7-9-14(10-8-13)20-18-12-11-15-16(18)5-3-6-17(15)19/h3,5-6,13-14,18,20H,2,4,7-12H2,1H3. The zero-order valence-electron chi connectivity index (χ0n) is 12.5. The Morgan fingerprint density at radius 1 is 1.15 bits per heavy atom. The number of benzene rings is 1. The van der Waals surface area contributed by atoms with Crippen LogP contribution in [0.15, 0.2) is 22.7 Å². The van der Waals surface area contributed by atoms with Crippen molar-refractivity contribution >= 4 is 15.9 Å². The molecule has 0 radical (unpaired) electrons. The Labute approximate surface area is 131 Å². The van der Waals surface area contributed by atoms with Crippen LogP contribution in [-0.4, -0.2) is 6.04 Å². The monoisotopic (exact) mass is 335 g/mol. The molecule has 1 aromatic carbocycles. The molecule has 1 unspecified atom stereocenters. The van der Waals surface area contributed by atoms with Crippen LogP contribution in [0.25, 0.3) is 0 Å². The highest BCUT2D eigenvalue weighted by molar-refractivity contribution is 9.10. The number of rotatable bonds is 4. The lowest BCUT2D eigenvalue weighted by Gasteiger charge is -2.31. The molecule has 0 spiro atoms. The van der Waals surface area contributed by atoms with Gasteiger partial charge >= 0.3 is 0 Å². The number of halogens is 1. The third-order valence-corrected chi connectivity index (χ3v) is 5.94. The van der Waals surface area contributed by atoms with Gasteiger partial charge in [0.25, 0.3) is 0 Å². The van der Waals surface area contributed by atoms with Gasteiger partial charge in [0.15, 0.2) is 0 Å². The van der Waals surface area contributed by atoms with Crippen molar-refractivity contribution in [2.45, 2.75) is 70.4 Å². The van der Waals surface area contributed by atoms with Gasteiger partial charge in [-0.3, -0.25) is 0 Å². The summed E-state index contributed by atoms with van der Waals surface area (Å²) in [7, 11) is 0. The normalized spacial score (nSPS) is 29.4. The first-order valence-electron chi connectivity index (χ1n) is 8.31. The highest BCUT2D eigenvalue weighted by atomic mass is 79.9. The van der Waals surface area contributed by atoms with E-state index in [4.69, 9.17) is 0 Å². The lowest BCUT2D eigenvalue weighted by atomic mass is 9.83. The molecule has 0 heterocycles.